The molecule has 32 heavy (non-hydrogen) atoms. The Bertz CT molecular complexity index is 1240. The van der Waals surface area contributed by atoms with Gasteiger partial charge in [-0.2, -0.15) is 5.10 Å². The number of aryl methyl sites for hydroxylation is 2. The second kappa shape index (κ2) is 8.22. The lowest BCUT2D eigenvalue weighted by Crippen LogP contribution is -2.49. The van der Waals surface area contributed by atoms with Crippen molar-refractivity contribution in [2.45, 2.75) is 13.8 Å². The van der Waals surface area contributed by atoms with Gasteiger partial charge < -0.3 is 14.3 Å². The van der Waals surface area contributed by atoms with Crippen LogP contribution in [0.25, 0.3) is 17.1 Å². The van der Waals surface area contributed by atoms with E-state index >= 15 is 0 Å². The van der Waals surface area contributed by atoms with Crippen molar-refractivity contribution < 1.29 is 9.32 Å². The summed E-state index contributed by atoms with van der Waals surface area (Å²) in [6.45, 7) is 6.39. The van der Waals surface area contributed by atoms with Crippen molar-refractivity contribution in [3.63, 3.8) is 0 Å². The molecule has 1 amide bonds. The molecule has 0 N–H and O–H groups in total. The van der Waals surface area contributed by atoms with Crippen molar-refractivity contribution in [1.82, 2.24) is 34.8 Å². The molecule has 0 atom stereocenters. The van der Waals surface area contributed by atoms with E-state index in [2.05, 4.69) is 30.1 Å². The molecule has 0 unspecified atom stereocenters. The molecule has 4 aromatic heterocycles. The molecule has 0 aliphatic carbocycles. The standard InChI is InChI=1S/C22H22N8O2/c1-15-10-16(2)30(26-15)21-12-20(24-14-25-21)28-6-8-29(9-7-28)22(31)18-11-19(32-27-18)17-4-3-5-23-13-17/h3-5,10-14H,6-9H2,1-2H3. The minimum atomic E-state index is -0.144. The van der Waals surface area contributed by atoms with Gasteiger partial charge in [0, 0.05) is 62.0 Å². The number of amides is 1. The Morgan fingerprint density at radius 2 is 1.84 bits per heavy atom. The number of aromatic nitrogens is 6. The summed E-state index contributed by atoms with van der Waals surface area (Å²) >= 11 is 0. The average molecular weight is 430 g/mol. The first kappa shape index (κ1) is 19.9. The van der Waals surface area contributed by atoms with Gasteiger partial charge in [-0.05, 0) is 32.0 Å². The van der Waals surface area contributed by atoms with E-state index in [-0.39, 0.29) is 5.91 Å². The molecule has 0 spiro atoms. The second-order valence-electron chi connectivity index (χ2n) is 7.67. The first-order valence-electron chi connectivity index (χ1n) is 10.4. The number of rotatable bonds is 4. The summed E-state index contributed by atoms with van der Waals surface area (Å²) in [5.41, 5.74) is 3.03. The Labute approximate surface area is 184 Å². The highest BCUT2D eigenvalue weighted by Crippen LogP contribution is 2.21. The van der Waals surface area contributed by atoms with E-state index in [1.807, 2.05) is 42.8 Å². The molecular formula is C22H22N8O2. The molecule has 10 heteroatoms. The summed E-state index contributed by atoms with van der Waals surface area (Å²) in [5.74, 6) is 1.92. The normalized spacial score (nSPS) is 14.1. The van der Waals surface area contributed by atoms with E-state index in [1.54, 1.807) is 29.7 Å². The Balaban J connectivity index is 1.26. The molecule has 0 saturated carbocycles. The summed E-state index contributed by atoms with van der Waals surface area (Å²) in [6.07, 6.45) is 4.91. The number of nitrogens with zero attached hydrogens (tertiary/aromatic N) is 8. The zero-order valence-corrected chi connectivity index (χ0v) is 17.8. The van der Waals surface area contributed by atoms with Crippen molar-refractivity contribution in [1.29, 1.82) is 0 Å². The number of pyridine rings is 1. The first-order chi connectivity index (χ1) is 15.6. The highest BCUT2D eigenvalue weighted by molar-refractivity contribution is 5.93. The van der Waals surface area contributed by atoms with E-state index in [9.17, 15) is 4.79 Å². The molecular weight excluding hydrogens is 408 g/mol. The third-order valence-electron chi connectivity index (χ3n) is 5.43. The predicted octanol–water partition coefficient (Wildman–Crippen LogP) is 2.29. The predicted molar refractivity (Wildman–Crippen MR) is 116 cm³/mol. The average Bonchev–Trinajstić information content (AvgIpc) is 3.46. The molecule has 1 fully saturated rings. The van der Waals surface area contributed by atoms with Crippen molar-refractivity contribution in [2.24, 2.45) is 0 Å². The molecule has 0 bridgehead atoms. The molecule has 1 aliphatic heterocycles. The summed E-state index contributed by atoms with van der Waals surface area (Å²) < 4.78 is 7.16. The van der Waals surface area contributed by atoms with Crippen LogP contribution >= 0.6 is 0 Å². The minimum absolute atomic E-state index is 0.144. The maximum atomic E-state index is 12.9. The van der Waals surface area contributed by atoms with Gasteiger partial charge >= 0.3 is 0 Å². The highest BCUT2D eigenvalue weighted by Gasteiger charge is 2.25. The van der Waals surface area contributed by atoms with Gasteiger partial charge in [0.1, 0.15) is 12.1 Å². The largest absolute Gasteiger partial charge is 0.355 e. The molecule has 0 radical (unpaired) electrons. The fourth-order valence-electron chi connectivity index (χ4n) is 3.81. The summed E-state index contributed by atoms with van der Waals surface area (Å²) in [5, 5.41) is 8.46. The van der Waals surface area contributed by atoms with Gasteiger partial charge in [0.05, 0.1) is 5.69 Å². The maximum Gasteiger partial charge on any atom is 0.276 e. The third-order valence-corrected chi connectivity index (χ3v) is 5.43. The quantitative estimate of drug-likeness (QED) is 0.486. The summed E-state index contributed by atoms with van der Waals surface area (Å²) in [7, 11) is 0. The smallest absolute Gasteiger partial charge is 0.276 e. The maximum absolute atomic E-state index is 12.9. The molecule has 1 saturated heterocycles. The molecule has 4 aromatic rings. The molecule has 1 aliphatic rings. The molecule has 5 heterocycles. The lowest BCUT2D eigenvalue weighted by Gasteiger charge is -2.35. The number of carbonyl (C=O) groups excluding carboxylic acids is 1. The van der Waals surface area contributed by atoms with Crippen molar-refractivity contribution >= 4 is 11.7 Å². The van der Waals surface area contributed by atoms with Crippen LogP contribution in [0.1, 0.15) is 21.9 Å². The Morgan fingerprint density at radius 3 is 2.56 bits per heavy atom. The zero-order valence-electron chi connectivity index (χ0n) is 17.8. The van der Waals surface area contributed by atoms with Crippen LogP contribution in [0.5, 0.6) is 0 Å². The van der Waals surface area contributed by atoms with Crippen molar-refractivity contribution in [2.75, 3.05) is 31.1 Å². The number of carbonyl (C=O) groups is 1. The van der Waals surface area contributed by atoms with Gasteiger partial charge in [0.2, 0.25) is 0 Å². The Kier molecular flexibility index (Phi) is 5.10. The van der Waals surface area contributed by atoms with Crippen LogP contribution in [0.3, 0.4) is 0 Å². The SMILES string of the molecule is Cc1cc(C)n(-c2cc(N3CCN(C(=O)c4cc(-c5cccnc5)on4)CC3)ncn2)n1. The van der Waals surface area contributed by atoms with Crippen LogP contribution in [0.2, 0.25) is 0 Å². The molecule has 5 rings (SSSR count). The van der Waals surface area contributed by atoms with E-state index < -0.39 is 0 Å². The van der Waals surface area contributed by atoms with Crippen LogP contribution in [0.15, 0.2) is 53.6 Å². The van der Waals surface area contributed by atoms with Gasteiger partial charge in [-0.25, -0.2) is 14.6 Å². The van der Waals surface area contributed by atoms with Gasteiger partial charge in [0.15, 0.2) is 17.3 Å². The van der Waals surface area contributed by atoms with Crippen LogP contribution in [-0.2, 0) is 0 Å². The number of anilines is 1. The number of piperazine rings is 1. The Morgan fingerprint density at radius 1 is 1.03 bits per heavy atom. The van der Waals surface area contributed by atoms with E-state index in [0.29, 0.717) is 37.6 Å². The van der Waals surface area contributed by atoms with Crippen LogP contribution in [0, 0.1) is 13.8 Å². The number of hydrogen-bond donors (Lipinski definition) is 0. The van der Waals surface area contributed by atoms with Gasteiger partial charge in [0.25, 0.3) is 5.91 Å². The van der Waals surface area contributed by atoms with Crippen LogP contribution in [0.4, 0.5) is 5.82 Å². The van der Waals surface area contributed by atoms with Gasteiger partial charge in [-0.3, -0.25) is 9.78 Å². The van der Waals surface area contributed by atoms with Crippen molar-refractivity contribution in [3.05, 3.63) is 66.1 Å². The fraction of sp³-hybridized carbons (Fsp3) is 0.273. The molecule has 10 nitrogen and oxygen atoms in total. The second-order valence-corrected chi connectivity index (χ2v) is 7.67. The summed E-state index contributed by atoms with van der Waals surface area (Å²) in [6, 6.07) is 9.27. The first-order valence-corrected chi connectivity index (χ1v) is 10.4. The minimum Gasteiger partial charge on any atom is -0.355 e. The van der Waals surface area contributed by atoms with Crippen LogP contribution in [-0.4, -0.2) is 66.9 Å². The van der Waals surface area contributed by atoms with Gasteiger partial charge in [-0.15, -0.1) is 0 Å². The zero-order chi connectivity index (χ0) is 22.1. The lowest BCUT2D eigenvalue weighted by atomic mass is 10.2. The van der Waals surface area contributed by atoms with Crippen LogP contribution < -0.4 is 4.90 Å². The topological polar surface area (TPSA) is 106 Å². The molecule has 0 aromatic carbocycles. The lowest BCUT2D eigenvalue weighted by molar-refractivity contribution is 0.0736. The monoisotopic (exact) mass is 430 g/mol. The van der Waals surface area contributed by atoms with Gasteiger partial charge in [-0.1, -0.05) is 5.16 Å². The molecule has 162 valence electrons. The van der Waals surface area contributed by atoms with E-state index in [1.165, 1.54) is 0 Å². The van der Waals surface area contributed by atoms with Crippen molar-refractivity contribution in [3.8, 4) is 17.1 Å². The fourth-order valence-corrected chi connectivity index (χ4v) is 3.81. The van der Waals surface area contributed by atoms with E-state index in [0.717, 1.165) is 28.6 Å². The Hall–Kier alpha value is -4.08. The number of hydrogen-bond acceptors (Lipinski definition) is 8. The summed E-state index contributed by atoms with van der Waals surface area (Å²) in [4.78, 5) is 29.7. The third kappa shape index (κ3) is 3.82. The van der Waals surface area contributed by atoms with E-state index in [4.69, 9.17) is 4.52 Å². The highest BCUT2D eigenvalue weighted by atomic mass is 16.5.